The topological polar surface area (TPSA) is 81.1 Å². The average molecular weight is 245 g/mol. The van der Waals surface area contributed by atoms with Gasteiger partial charge in [0.2, 0.25) is 0 Å². The molecule has 3 N–H and O–H groups in total. The Morgan fingerprint density at radius 2 is 2.33 bits per heavy atom. The van der Waals surface area contributed by atoms with Crippen molar-refractivity contribution in [1.82, 2.24) is 9.78 Å². The largest absolute Gasteiger partial charge is 0.481 e. The average Bonchev–Trinajstić information content (AvgIpc) is 2.75. The van der Waals surface area contributed by atoms with E-state index in [0.29, 0.717) is 0 Å². The minimum absolute atomic E-state index is 0.0818. The maximum Gasteiger partial charge on any atom is 0.305 e. The first-order valence-corrected chi connectivity index (χ1v) is 5.65. The Morgan fingerprint density at radius 1 is 1.56 bits per heavy atom. The summed E-state index contributed by atoms with van der Waals surface area (Å²) >= 11 is 0. The number of benzene rings is 1. The van der Waals surface area contributed by atoms with Gasteiger partial charge in [0.15, 0.2) is 0 Å². The summed E-state index contributed by atoms with van der Waals surface area (Å²) < 4.78 is 1.74. The quantitative estimate of drug-likeness (QED) is 0.858. The molecule has 1 unspecified atom stereocenters. The van der Waals surface area contributed by atoms with Crippen molar-refractivity contribution in [2.24, 2.45) is 5.73 Å². The lowest BCUT2D eigenvalue weighted by molar-refractivity contribution is -0.137. The molecule has 1 aromatic carbocycles. The lowest BCUT2D eigenvalue weighted by atomic mass is 10.0. The van der Waals surface area contributed by atoms with Gasteiger partial charge in [0.25, 0.3) is 0 Å². The Balaban J connectivity index is 2.27. The van der Waals surface area contributed by atoms with E-state index in [1.807, 2.05) is 37.4 Å². The third-order valence-corrected chi connectivity index (χ3v) is 2.67. The van der Waals surface area contributed by atoms with E-state index in [4.69, 9.17) is 10.8 Å². The van der Waals surface area contributed by atoms with E-state index in [-0.39, 0.29) is 6.42 Å². The first kappa shape index (κ1) is 12.3. The van der Waals surface area contributed by atoms with Gasteiger partial charge in [0.05, 0.1) is 18.3 Å². The molecule has 1 atom stereocenters. The molecule has 18 heavy (non-hydrogen) atoms. The van der Waals surface area contributed by atoms with Crippen LogP contribution >= 0.6 is 0 Å². The second-order valence-electron chi connectivity index (χ2n) is 4.26. The van der Waals surface area contributed by atoms with Crippen LogP contribution < -0.4 is 5.73 Å². The van der Waals surface area contributed by atoms with Crippen LogP contribution in [0.25, 0.3) is 5.69 Å². The first-order valence-electron chi connectivity index (χ1n) is 5.65. The number of aliphatic carboxylic acids is 1. The zero-order valence-corrected chi connectivity index (χ0v) is 10.1. The zero-order chi connectivity index (χ0) is 13.1. The van der Waals surface area contributed by atoms with Crippen molar-refractivity contribution in [1.29, 1.82) is 0 Å². The highest BCUT2D eigenvalue weighted by Crippen LogP contribution is 2.17. The van der Waals surface area contributed by atoms with Crippen LogP contribution in [0.3, 0.4) is 0 Å². The molecule has 0 fully saturated rings. The molecule has 94 valence electrons. The van der Waals surface area contributed by atoms with Crippen molar-refractivity contribution in [2.75, 3.05) is 0 Å². The molecule has 5 nitrogen and oxygen atoms in total. The molecule has 5 heteroatoms. The van der Waals surface area contributed by atoms with Crippen LogP contribution in [0.2, 0.25) is 0 Å². The monoisotopic (exact) mass is 245 g/mol. The Morgan fingerprint density at radius 3 is 2.94 bits per heavy atom. The number of aryl methyl sites for hydroxylation is 1. The van der Waals surface area contributed by atoms with Crippen LogP contribution in [0.5, 0.6) is 0 Å². The third kappa shape index (κ3) is 2.75. The fourth-order valence-electron chi connectivity index (χ4n) is 1.76. The van der Waals surface area contributed by atoms with E-state index >= 15 is 0 Å². The predicted molar refractivity (Wildman–Crippen MR) is 67.5 cm³/mol. The van der Waals surface area contributed by atoms with Crippen molar-refractivity contribution in [3.8, 4) is 5.69 Å². The summed E-state index contributed by atoms with van der Waals surface area (Å²) in [6, 6.07) is 6.94. The minimum Gasteiger partial charge on any atom is -0.481 e. The van der Waals surface area contributed by atoms with Crippen LogP contribution in [0.1, 0.15) is 23.6 Å². The highest BCUT2D eigenvalue weighted by Gasteiger charge is 2.11. The van der Waals surface area contributed by atoms with Gasteiger partial charge >= 0.3 is 5.97 Å². The van der Waals surface area contributed by atoms with Gasteiger partial charge in [0, 0.05) is 12.2 Å². The molecule has 2 rings (SSSR count). The molecule has 1 heterocycles. The highest BCUT2D eigenvalue weighted by molar-refractivity contribution is 5.68. The van der Waals surface area contributed by atoms with Crippen LogP contribution in [0.15, 0.2) is 36.7 Å². The summed E-state index contributed by atoms with van der Waals surface area (Å²) in [6.45, 7) is 1.96. The zero-order valence-electron chi connectivity index (χ0n) is 10.1. The van der Waals surface area contributed by atoms with E-state index in [1.54, 1.807) is 10.9 Å². The number of carboxylic acids is 1. The van der Waals surface area contributed by atoms with E-state index in [0.717, 1.165) is 16.8 Å². The SMILES string of the molecule is Cc1cnn(-c2cccc(C(N)CC(=O)O)c2)c1. The van der Waals surface area contributed by atoms with E-state index in [9.17, 15) is 4.79 Å². The van der Waals surface area contributed by atoms with Crippen LogP contribution in [0.4, 0.5) is 0 Å². The van der Waals surface area contributed by atoms with Gasteiger partial charge in [-0.05, 0) is 30.2 Å². The van der Waals surface area contributed by atoms with Gasteiger partial charge < -0.3 is 10.8 Å². The molecular formula is C13H15N3O2. The summed E-state index contributed by atoms with van der Waals surface area (Å²) in [5, 5.41) is 12.9. The van der Waals surface area contributed by atoms with Gasteiger partial charge in [-0.2, -0.15) is 5.10 Å². The molecular weight excluding hydrogens is 230 g/mol. The lowest BCUT2D eigenvalue weighted by Crippen LogP contribution is -2.15. The van der Waals surface area contributed by atoms with Crippen molar-refractivity contribution in [3.63, 3.8) is 0 Å². The molecule has 0 radical (unpaired) electrons. The van der Waals surface area contributed by atoms with E-state index in [1.165, 1.54) is 0 Å². The summed E-state index contributed by atoms with van der Waals surface area (Å²) in [7, 11) is 0. The number of hydrogen-bond donors (Lipinski definition) is 2. The fraction of sp³-hybridized carbons (Fsp3) is 0.231. The number of nitrogens with zero attached hydrogens (tertiary/aromatic N) is 2. The Bertz CT molecular complexity index is 563. The lowest BCUT2D eigenvalue weighted by Gasteiger charge is -2.11. The molecule has 2 aromatic rings. The van der Waals surface area contributed by atoms with Gasteiger partial charge in [-0.25, -0.2) is 4.68 Å². The van der Waals surface area contributed by atoms with Gasteiger partial charge in [-0.15, -0.1) is 0 Å². The van der Waals surface area contributed by atoms with Gasteiger partial charge in [-0.3, -0.25) is 4.79 Å². The highest BCUT2D eigenvalue weighted by atomic mass is 16.4. The fourth-order valence-corrected chi connectivity index (χ4v) is 1.76. The maximum absolute atomic E-state index is 10.6. The molecule has 0 amide bonds. The van der Waals surface area contributed by atoms with Crippen LogP contribution in [-0.4, -0.2) is 20.9 Å². The van der Waals surface area contributed by atoms with E-state index < -0.39 is 12.0 Å². The molecule has 0 spiro atoms. The number of carboxylic acid groups (broad SMARTS) is 1. The first-order chi connectivity index (χ1) is 8.56. The molecule has 0 aliphatic rings. The van der Waals surface area contributed by atoms with Crippen molar-refractivity contribution >= 4 is 5.97 Å². The predicted octanol–water partition coefficient (Wildman–Crippen LogP) is 1.66. The molecule has 1 aromatic heterocycles. The number of carbonyl (C=O) groups is 1. The summed E-state index contributed by atoms with van der Waals surface area (Å²) in [4.78, 5) is 10.6. The second-order valence-corrected chi connectivity index (χ2v) is 4.26. The van der Waals surface area contributed by atoms with Crippen molar-refractivity contribution < 1.29 is 9.90 Å². The number of rotatable bonds is 4. The van der Waals surface area contributed by atoms with Crippen molar-refractivity contribution in [3.05, 3.63) is 47.8 Å². The standard InChI is InChI=1S/C13H15N3O2/c1-9-7-15-16(8-9)11-4-2-3-10(5-11)12(14)6-13(17)18/h2-5,7-8,12H,6,14H2,1H3,(H,17,18). The third-order valence-electron chi connectivity index (χ3n) is 2.67. The Hall–Kier alpha value is -2.14. The molecule has 0 aliphatic carbocycles. The summed E-state index contributed by atoms with van der Waals surface area (Å²) in [5.74, 6) is -0.900. The summed E-state index contributed by atoms with van der Waals surface area (Å²) in [6.07, 6.45) is 3.59. The smallest absolute Gasteiger partial charge is 0.305 e. The van der Waals surface area contributed by atoms with E-state index in [2.05, 4.69) is 5.10 Å². The van der Waals surface area contributed by atoms with Gasteiger partial charge in [-0.1, -0.05) is 12.1 Å². The molecule has 0 saturated carbocycles. The Kier molecular flexibility index (Phi) is 3.43. The molecule has 0 aliphatic heterocycles. The summed E-state index contributed by atoms with van der Waals surface area (Å²) in [5.41, 5.74) is 8.57. The number of nitrogens with two attached hydrogens (primary N) is 1. The number of hydrogen-bond acceptors (Lipinski definition) is 3. The maximum atomic E-state index is 10.6. The molecule has 0 bridgehead atoms. The normalized spacial score (nSPS) is 12.3. The second kappa shape index (κ2) is 5.01. The minimum atomic E-state index is -0.900. The van der Waals surface area contributed by atoms with Crippen LogP contribution in [-0.2, 0) is 4.79 Å². The van der Waals surface area contributed by atoms with Gasteiger partial charge in [0.1, 0.15) is 0 Å². The number of aromatic nitrogens is 2. The Labute approximate surface area is 105 Å². The van der Waals surface area contributed by atoms with Crippen LogP contribution in [0, 0.1) is 6.92 Å². The van der Waals surface area contributed by atoms with Crippen molar-refractivity contribution in [2.45, 2.75) is 19.4 Å². The molecule has 0 saturated heterocycles.